The van der Waals surface area contributed by atoms with Gasteiger partial charge >= 0.3 is 0 Å². The lowest BCUT2D eigenvalue weighted by Crippen LogP contribution is -2.22. The lowest BCUT2D eigenvalue weighted by Gasteiger charge is -2.16. The van der Waals surface area contributed by atoms with Crippen molar-refractivity contribution >= 4 is 22.7 Å². The molecule has 5 nitrogen and oxygen atoms in total. The number of para-hydroxylation sites is 1. The van der Waals surface area contributed by atoms with Crippen LogP contribution in [0.15, 0.2) is 59.5 Å². The third-order valence-corrected chi connectivity index (χ3v) is 5.14. The number of nitrogens with one attached hydrogen (secondary N) is 1. The molecule has 4 rings (SSSR count). The minimum atomic E-state index is -0.0493. The lowest BCUT2D eigenvalue weighted by atomic mass is 9.92. The van der Waals surface area contributed by atoms with E-state index in [9.17, 15) is 4.79 Å². The number of rotatable bonds is 3. The van der Waals surface area contributed by atoms with Gasteiger partial charge in [-0.1, -0.05) is 36.4 Å². The molecular weight excluding hydrogens is 348 g/mol. The van der Waals surface area contributed by atoms with Gasteiger partial charge in [0.1, 0.15) is 5.65 Å². The van der Waals surface area contributed by atoms with Crippen LogP contribution in [0, 0.1) is 20.8 Å². The van der Waals surface area contributed by atoms with Crippen LogP contribution in [0.2, 0.25) is 0 Å². The SMILES string of the molecule is Cc1cccc(C)c1-c1c(C)c2cnc(Nc3ccccc3)nc2n(C)c1=O. The maximum absolute atomic E-state index is 13.3. The molecule has 0 saturated heterocycles. The van der Waals surface area contributed by atoms with Gasteiger partial charge in [-0.25, -0.2) is 4.98 Å². The molecule has 1 N–H and O–H groups in total. The quantitative estimate of drug-likeness (QED) is 0.570. The van der Waals surface area contributed by atoms with E-state index in [1.165, 1.54) is 0 Å². The molecule has 4 aromatic rings. The molecule has 0 bridgehead atoms. The number of aromatic nitrogens is 3. The molecule has 140 valence electrons. The van der Waals surface area contributed by atoms with Crippen molar-refractivity contribution in [1.29, 1.82) is 0 Å². The molecule has 0 aliphatic rings. The molecule has 2 heterocycles. The van der Waals surface area contributed by atoms with Gasteiger partial charge in [-0.3, -0.25) is 9.36 Å². The van der Waals surface area contributed by atoms with E-state index in [0.29, 0.717) is 11.6 Å². The molecule has 0 saturated carbocycles. The summed E-state index contributed by atoms with van der Waals surface area (Å²) in [4.78, 5) is 22.3. The number of nitrogens with zero attached hydrogens (tertiary/aromatic N) is 3. The molecule has 0 spiro atoms. The second-order valence-electron chi connectivity index (χ2n) is 7.05. The molecule has 28 heavy (non-hydrogen) atoms. The molecule has 2 aromatic heterocycles. The van der Waals surface area contributed by atoms with Crippen LogP contribution in [-0.2, 0) is 7.05 Å². The molecular formula is C23H22N4O. The van der Waals surface area contributed by atoms with Gasteiger partial charge < -0.3 is 5.32 Å². The highest BCUT2D eigenvalue weighted by molar-refractivity contribution is 5.88. The zero-order valence-corrected chi connectivity index (χ0v) is 16.4. The summed E-state index contributed by atoms with van der Waals surface area (Å²) in [5, 5.41) is 4.06. The molecule has 0 aliphatic carbocycles. The highest BCUT2D eigenvalue weighted by Crippen LogP contribution is 2.30. The van der Waals surface area contributed by atoms with Crippen LogP contribution in [0.1, 0.15) is 16.7 Å². The number of fused-ring (bicyclic) bond motifs is 1. The Bertz CT molecular complexity index is 1220. The van der Waals surface area contributed by atoms with E-state index in [1.807, 2.05) is 69.3 Å². The molecule has 2 aromatic carbocycles. The van der Waals surface area contributed by atoms with Gasteiger partial charge in [0.2, 0.25) is 5.95 Å². The van der Waals surface area contributed by atoms with E-state index in [-0.39, 0.29) is 5.56 Å². The Morgan fingerprint density at radius 1 is 0.893 bits per heavy atom. The predicted molar refractivity (Wildman–Crippen MR) is 114 cm³/mol. The van der Waals surface area contributed by atoms with Crippen molar-refractivity contribution in [3.05, 3.63) is 81.8 Å². The lowest BCUT2D eigenvalue weighted by molar-refractivity contribution is 0.883. The molecule has 0 radical (unpaired) electrons. The summed E-state index contributed by atoms with van der Waals surface area (Å²) in [6, 6.07) is 15.8. The highest BCUT2D eigenvalue weighted by atomic mass is 16.1. The van der Waals surface area contributed by atoms with Gasteiger partial charge in [0.15, 0.2) is 0 Å². The van der Waals surface area contributed by atoms with Gasteiger partial charge in [0.25, 0.3) is 5.56 Å². The van der Waals surface area contributed by atoms with Crippen LogP contribution in [0.5, 0.6) is 0 Å². The van der Waals surface area contributed by atoms with Crippen LogP contribution in [0.4, 0.5) is 11.6 Å². The van der Waals surface area contributed by atoms with Gasteiger partial charge in [0, 0.05) is 24.3 Å². The first-order valence-corrected chi connectivity index (χ1v) is 9.22. The second kappa shape index (κ2) is 6.93. The Hall–Kier alpha value is -3.47. The number of aryl methyl sites for hydroxylation is 4. The average Bonchev–Trinajstić information content (AvgIpc) is 2.69. The smallest absolute Gasteiger partial charge is 0.260 e. The van der Waals surface area contributed by atoms with E-state index in [1.54, 1.807) is 17.8 Å². The Balaban J connectivity index is 1.92. The fraction of sp³-hybridized carbons (Fsp3) is 0.174. The minimum absolute atomic E-state index is 0.0493. The summed E-state index contributed by atoms with van der Waals surface area (Å²) < 4.78 is 1.61. The predicted octanol–water partition coefficient (Wildman–Crippen LogP) is 4.66. The zero-order chi connectivity index (χ0) is 19.8. The number of pyridine rings is 1. The second-order valence-corrected chi connectivity index (χ2v) is 7.05. The van der Waals surface area contributed by atoms with Crippen LogP contribution in [0.3, 0.4) is 0 Å². The molecule has 0 unspecified atom stereocenters. The van der Waals surface area contributed by atoms with E-state index < -0.39 is 0 Å². The molecule has 5 heteroatoms. The number of hydrogen-bond acceptors (Lipinski definition) is 4. The average molecular weight is 370 g/mol. The van der Waals surface area contributed by atoms with Crippen LogP contribution >= 0.6 is 0 Å². The largest absolute Gasteiger partial charge is 0.324 e. The summed E-state index contributed by atoms with van der Waals surface area (Å²) >= 11 is 0. The molecule has 0 amide bonds. The fourth-order valence-electron chi connectivity index (χ4n) is 3.67. The van der Waals surface area contributed by atoms with Gasteiger partial charge in [-0.05, 0) is 55.2 Å². The maximum atomic E-state index is 13.3. The number of hydrogen-bond donors (Lipinski definition) is 1. The summed E-state index contributed by atoms with van der Waals surface area (Å²) in [6.45, 7) is 6.04. The third-order valence-electron chi connectivity index (χ3n) is 5.14. The number of anilines is 2. The maximum Gasteiger partial charge on any atom is 0.260 e. The van der Waals surface area contributed by atoms with Gasteiger partial charge in [-0.2, -0.15) is 4.98 Å². The molecule has 0 aliphatic heterocycles. The standard InChI is InChI=1S/C23H22N4O/c1-14-9-8-10-15(2)19(14)20-16(3)18-13-24-23(25-17-11-6-5-7-12-17)26-21(18)27(4)22(20)28/h5-13H,1-4H3,(H,24,25,26). The van der Waals surface area contributed by atoms with Crippen LogP contribution in [-0.4, -0.2) is 14.5 Å². The monoisotopic (exact) mass is 370 g/mol. The van der Waals surface area contributed by atoms with Crippen molar-refractivity contribution in [2.75, 3.05) is 5.32 Å². The summed E-state index contributed by atoms with van der Waals surface area (Å²) in [7, 11) is 1.76. The van der Waals surface area contributed by atoms with E-state index in [2.05, 4.69) is 15.3 Å². The Morgan fingerprint density at radius 2 is 1.57 bits per heavy atom. The minimum Gasteiger partial charge on any atom is -0.324 e. The van der Waals surface area contributed by atoms with Crippen molar-refractivity contribution < 1.29 is 0 Å². The van der Waals surface area contributed by atoms with Crippen LogP contribution < -0.4 is 10.9 Å². The van der Waals surface area contributed by atoms with Gasteiger partial charge in [-0.15, -0.1) is 0 Å². The summed E-state index contributed by atoms with van der Waals surface area (Å²) in [5.74, 6) is 0.466. The van der Waals surface area contributed by atoms with Crippen molar-refractivity contribution in [2.24, 2.45) is 7.05 Å². The first-order chi connectivity index (χ1) is 13.5. The Labute approximate surface area is 163 Å². The highest BCUT2D eigenvalue weighted by Gasteiger charge is 2.18. The topological polar surface area (TPSA) is 59.8 Å². The summed E-state index contributed by atoms with van der Waals surface area (Å²) in [5.41, 5.74) is 6.26. The molecule has 0 atom stereocenters. The fourth-order valence-corrected chi connectivity index (χ4v) is 3.67. The Kier molecular flexibility index (Phi) is 4.43. The van der Waals surface area contributed by atoms with Crippen molar-refractivity contribution in [3.63, 3.8) is 0 Å². The number of benzene rings is 2. The van der Waals surface area contributed by atoms with Crippen molar-refractivity contribution in [2.45, 2.75) is 20.8 Å². The van der Waals surface area contributed by atoms with Crippen LogP contribution in [0.25, 0.3) is 22.2 Å². The van der Waals surface area contributed by atoms with E-state index in [4.69, 9.17) is 0 Å². The van der Waals surface area contributed by atoms with E-state index >= 15 is 0 Å². The zero-order valence-electron chi connectivity index (χ0n) is 16.4. The summed E-state index contributed by atoms with van der Waals surface area (Å²) in [6.07, 6.45) is 1.79. The van der Waals surface area contributed by atoms with Crippen molar-refractivity contribution in [1.82, 2.24) is 14.5 Å². The first-order valence-electron chi connectivity index (χ1n) is 9.22. The third kappa shape index (κ3) is 2.95. The van der Waals surface area contributed by atoms with Gasteiger partial charge in [0.05, 0.1) is 5.56 Å². The van der Waals surface area contributed by atoms with Crippen molar-refractivity contribution in [3.8, 4) is 11.1 Å². The first kappa shape index (κ1) is 17.9. The Morgan fingerprint density at radius 3 is 2.25 bits per heavy atom. The van der Waals surface area contributed by atoms with E-state index in [0.717, 1.165) is 38.9 Å². The normalized spacial score (nSPS) is 11.0. The molecule has 0 fully saturated rings.